The van der Waals surface area contributed by atoms with Gasteiger partial charge in [-0.1, -0.05) is 6.92 Å². The molecule has 0 saturated carbocycles. The largest absolute Gasteiger partial charge is 0.376 e. The zero-order valence-electron chi connectivity index (χ0n) is 12.7. The molecule has 2 aliphatic heterocycles. The van der Waals surface area contributed by atoms with E-state index in [2.05, 4.69) is 17.6 Å². The molecule has 0 aromatic carbocycles. The van der Waals surface area contributed by atoms with E-state index >= 15 is 0 Å². The minimum Gasteiger partial charge on any atom is -0.376 e. The summed E-state index contributed by atoms with van der Waals surface area (Å²) >= 11 is 0. The van der Waals surface area contributed by atoms with Gasteiger partial charge >= 0.3 is 0 Å². The second-order valence-electron chi connectivity index (χ2n) is 6.05. The SMILES string of the molecule is CC(OCC1CCCCO1)C(=O)NC1CNCCC1C. The molecule has 0 bridgehead atoms. The Hall–Kier alpha value is -0.650. The monoisotopic (exact) mass is 284 g/mol. The van der Waals surface area contributed by atoms with E-state index in [0.717, 1.165) is 39.0 Å². The van der Waals surface area contributed by atoms with Crippen molar-refractivity contribution in [2.45, 2.75) is 57.8 Å². The molecule has 0 spiro atoms. The van der Waals surface area contributed by atoms with Crippen molar-refractivity contribution in [3.63, 3.8) is 0 Å². The molecule has 4 atom stereocenters. The predicted molar refractivity (Wildman–Crippen MR) is 77.6 cm³/mol. The molecule has 5 nitrogen and oxygen atoms in total. The van der Waals surface area contributed by atoms with Crippen molar-refractivity contribution < 1.29 is 14.3 Å². The molecule has 0 aromatic heterocycles. The van der Waals surface area contributed by atoms with Crippen molar-refractivity contribution >= 4 is 5.91 Å². The summed E-state index contributed by atoms with van der Waals surface area (Å²) in [7, 11) is 0. The molecule has 0 radical (unpaired) electrons. The van der Waals surface area contributed by atoms with Crippen LogP contribution in [0.1, 0.15) is 39.5 Å². The number of carbonyl (C=O) groups excluding carboxylic acids is 1. The first-order valence-corrected chi connectivity index (χ1v) is 7.91. The molecule has 0 aliphatic carbocycles. The van der Waals surface area contributed by atoms with Crippen LogP contribution in [0.25, 0.3) is 0 Å². The van der Waals surface area contributed by atoms with Crippen LogP contribution in [-0.4, -0.2) is 50.5 Å². The van der Waals surface area contributed by atoms with Crippen LogP contribution >= 0.6 is 0 Å². The number of piperidine rings is 1. The maximum absolute atomic E-state index is 12.1. The molecule has 5 heteroatoms. The Balaban J connectivity index is 1.68. The van der Waals surface area contributed by atoms with E-state index in [9.17, 15) is 4.79 Å². The van der Waals surface area contributed by atoms with E-state index in [-0.39, 0.29) is 18.1 Å². The molecular weight excluding hydrogens is 256 g/mol. The molecule has 2 fully saturated rings. The van der Waals surface area contributed by atoms with Gasteiger partial charge in [-0.25, -0.2) is 0 Å². The maximum atomic E-state index is 12.1. The Labute approximate surface area is 121 Å². The van der Waals surface area contributed by atoms with Gasteiger partial charge in [-0.2, -0.15) is 0 Å². The van der Waals surface area contributed by atoms with Gasteiger partial charge in [0.05, 0.1) is 12.7 Å². The second kappa shape index (κ2) is 7.96. The average Bonchev–Trinajstić information content (AvgIpc) is 2.48. The number of hydrogen-bond acceptors (Lipinski definition) is 4. The minimum atomic E-state index is -0.408. The Morgan fingerprint density at radius 1 is 1.45 bits per heavy atom. The first kappa shape index (κ1) is 15.7. The van der Waals surface area contributed by atoms with Crippen molar-refractivity contribution in [3.8, 4) is 0 Å². The first-order chi connectivity index (χ1) is 9.66. The first-order valence-electron chi connectivity index (χ1n) is 7.91. The lowest BCUT2D eigenvalue weighted by Gasteiger charge is -2.31. The summed E-state index contributed by atoms with van der Waals surface area (Å²) in [6, 6.07) is 0.216. The van der Waals surface area contributed by atoms with E-state index in [1.54, 1.807) is 0 Å². The average molecular weight is 284 g/mol. The van der Waals surface area contributed by atoms with Crippen molar-refractivity contribution in [2.24, 2.45) is 5.92 Å². The predicted octanol–water partition coefficient (Wildman–Crippen LogP) is 1.07. The smallest absolute Gasteiger partial charge is 0.249 e. The van der Waals surface area contributed by atoms with E-state index in [0.29, 0.717) is 12.5 Å². The minimum absolute atomic E-state index is 0.0126. The maximum Gasteiger partial charge on any atom is 0.249 e. The number of nitrogens with one attached hydrogen (secondary N) is 2. The Morgan fingerprint density at radius 2 is 2.30 bits per heavy atom. The van der Waals surface area contributed by atoms with Crippen molar-refractivity contribution in [1.82, 2.24) is 10.6 Å². The third-order valence-corrected chi connectivity index (χ3v) is 4.33. The molecule has 2 saturated heterocycles. The van der Waals surface area contributed by atoms with Crippen LogP contribution in [0.2, 0.25) is 0 Å². The molecule has 116 valence electrons. The lowest BCUT2D eigenvalue weighted by atomic mass is 9.95. The summed E-state index contributed by atoms with van der Waals surface area (Å²) in [5.41, 5.74) is 0. The van der Waals surface area contributed by atoms with Gasteiger partial charge in [0.15, 0.2) is 0 Å². The molecule has 4 unspecified atom stereocenters. The van der Waals surface area contributed by atoms with Gasteiger partial charge in [-0.3, -0.25) is 4.79 Å². The molecule has 20 heavy (non-hydrogen) atoms. The molecular formula is C15H28N2O3. The summed E-state index contributed by atoms with van der Waals surface area (Å²) in [6.07, 6.45) is 4.23. The lowest BCUT2D eigenvalue weighted by Crippen LogP contribution is -2.52. The highest BCUT2D eigenvalue weighted by molar-refractivity contribution is 5.80. The molecule has 2 rings (SSSR count). The number of carbonyl (C=O) groups is 1. The number of amides is 1. The van der Waals surface area contributed by atoms with Gasteiger partial charge in [-0.15, -0.1) is 0 Å². The van der Waals surface area contributed by atoms with Gasteiger partial charge in [0.2, 0.25) is 5.91 Å². The van der Waals surface area contributed by atoms with Crippen molar-refractivity contribution in [1.29, 1.82) is 0 Å². The van der Waals surface area contributed by atoms with Gasteiger partial charge in [0.1, 0.15) is 6.10 Å². The highest BCUT2D eigenvalue weighted by Gasteiger charge is 2.25. The zero-order chi connectivity index (χ0) is 14.4. The normalized spacial score (nSPS) is 32.6. The second-order valence-corrected chi connectivity index (χ2v) is 6.05. The van der Waals surface area contributed by atoms with Gasteiger partial charge < -0.3 is 20.1 Å². The Morgan fingerprint density at radius 3 is 3.00 bits per heavy atom. The standard InChI is InChI=1S/C15H28N2O3/c1-11-6-7-16-9-14(11)17-15(18)12(2)20-10-13-5-3-4-8-19-13/h11-14,16H,3-10H2,1-2H3,(H,17,18). The highest BCUT2D eigenvalue weighted by atomic mass is 16.5. The Bertz CT molecular complexity index is 305. The molecule has 2 aliphatic rings. The van der Waals surface area contributed by atoms with E-state index in [4.69, 9.17) is 9.47 Å². The van der Waals surface area contributed by atoms with Crippen LogP contribution < -0.4 is 10.6 Å². The van der Waals surface area contributed by atoms with Gasteiger partial charge in [-0.05, 0) is 45.1 Å². The fourth-order valence-electron chi connectivity index (χ4n) is 2.75. The summed E-state index contributed by atoms with van der Waals surface area (Å²) in [4.78, 5) is 12.1. The lowest BCUT2D eigenvalue weighted by molar-refractivity contribution is -0.136. The van der Waals surface area contributed by atoms with Crippen molar-refractivity contribution in [3.05, 3.63) is 0 Å². The molecule has 2 heterocycles. The van der Waals surface area contributed by atoms with Crippen LogP contribution in [0.4, 0.5) is 0 Å². The number of rotatable bonds is 5. The summed E-state index contributed by atoms with van der Waals surface area (Å²) in [5, 5.41) is 6.41. The summed E-state index contributed by atoms with van der Waals surface area (Å²) < 4.78 is 11.3. The summed E-state index contributed by atoms with van der Waals surface area (Å²) in [6.45, 7) is 7.24. The van der Waals surface area contributed by atoms with Crippen LogP contribution in [-0.2, 0) is 14.3 Å². The molecule has 0 aromatic rings. The fraction of sp³-hybridized carbons (Fsp3) is 0.933. The third kappa shape index (κ3) is 4.72. The van der Waals surface area contributed by atoms with Crippen LogP contribution in [0.5, 0.6) is 0 Å². The number of hydrogen-bond donors (Lipinski definition) is 2. The topological polar surface area (TPSA) is 59.6 Å². The van der Waals surface area contributed by atoms with Crippen LogP contribution in [0, 0.1) is 5.92 Å². The van der Waals surface area contributed by atoms with Gasteiger partial charge in [0, 0.05) is 19.2 Å². The van der Waals surface area contributed by atoms with Crippen LogP contribution in [0.3, 0.4) is 0 Å². The fourth-order valence-corrected chi connectivity index (χ4v) is 2.75. The van der Waals surface area contributed by atoms with Gasteiger partial charge in [0.25, 0.3) is 0 Å². The van der Waals surface area contributed by atoms with E-state index in [1.807, 2.05) is 6.92 Å². The molecule has 1 amide bonds. The van der Waals surface area contributed by atoms with E-state index in [1.165, 1.54) is 6.42 Å². The van der Waals surface area contributed by atoms with Crippen molar-refractivity contribution in [2.75, 3.05) is 26.3 Å². The highest BCUT2D eigenvalue weighted by Crippen LogP contribution is 2.14. The van der Waals surface area contributed by atoms with E-state index < -0.39 is 6.10 Å². The third-order valence-electron chi connectivity index (χ3n) is 4.33. The zero-order valence-corrected chi connectivity index (χ0v) is 12.7. The molecule has 2 N–H and O–H groups in total. The number of ether oxygens (including phenoxy) is 2. The quantitative estimate of drug-likeness (QED) is 0.793. The Kier molecular flexibility index (Phi) is 6.26. The summed E-state index contributed by atoms with van der Waals surface area (Å²) in [5.74, 6) is 0.510. The van der Waals surface area contributed by atoms with Crippen LogP contribution in [0.15, 0.2) is 0 Å².